The van der Waals surface area contributed by atoms with E-state index in [0.717, 1.165) is 4.68 Å². The zero-order chi connectivity index (χ0) is 22.1. The number of azo groups is 1. The molecule has 3 aromatic rings. The quantitative estimate of drug-likeness (QED) is 0.272. The number of nitrogens with one attached hydrogen (secondary N) is 3. The van der Waals surface area contributed by atoms with Crippen molar-refractivity contribution in [3.8, 4) is 0 Å². The minimum Gasteiger partial charge on any atom is -0.368 e. The number of hydrogen-bond donors (Lipinski definition) is 4. The Hall–Kier alpha value is -3.87. The van der Waals surface area contributed by atoms with Gasteiger partial charge in [0.05, 0.1) is 16.3 Å². The van der Waals surface area contributed by atoms with E-state index in [2.05, 4.69) is 30.0 Å². The second-order valence-electron chi connectivity index (χ2n) is 6.35. The number of hydrogen-bond acceptors (Lipinski definition) is 8. The summed E-state index contributed by atoms with van der Waals surface area (Å²) in [5.74, 6) is 0.154. The zero-order valence-electron chi connectivity index (χ0n) is 16.3. The van der Waals surface area contributed by atoms with Gasteiger partial charge in [0.1, 0.15) is 11.6 Å². The zero-order valence-corrected chi connectivity index (χ0v) is 17.1. The highest BCUT2D eigenvalue weighted by Gasteiger charge is 2.16. The molecule has 0 radical (unpaired) electrons. The monoisotopic (exact) mass is 429 g/mol. The molecule has 0 aliphatic rings. The van der Waals surface area contributed by atoms with Gasteiger partial charge in [-0.3, -0.25) is 20.0 Å². The molecule has 0 saturated heterocycles. The largest absolute Gasteiger partial charge is 0.368 e. The number of anilines is 1. The van der Waals surface area contributed by atoms with Crippen LogP contribution in [0.2, 0.25) is 0 Å². The molecule has 0 spiro atoms. The van der Waals surface area contributed by atoms with Crippen LogP contribution in [0.3, 0.4) is 0 Å². The molecule has 0 fully saturated rings. The van der Waals surface area contributed by atoms with Crippen LogP contribution in [0.5, 0.6) is 0 Å². The van der Waals surface area contributed by atoms with Gasteiger partial charge in [-0.1, -0.05) is 0 Å². The summed E-state index contributed by atoms with van der Waals surface area (Å²) in [5.41, 5.74) is 6.05. The summed E-state index contributed by atoms with van der Waals surface area (Å²) in [6, 6.07) is 7.13. The minimum absolute atomic E-state index is 0.00179. The molecule has 0 aliphatic carbocycles. The third-order valence-corrected chi connectivity index (χ3v) is 5.27. The fraction of sp³-hybridized carbons (Fsp3) is 0.176. The predicted octanol–water partition coefficient (Wildman–Crippen LogP) is 1.85. The Morgan fingerprint density at radius 3 is 2.40 bits per heavy atom. The Kier molecular flexibility index (Phi) is 5.47. The number of H-pyrrole nitrogens is 1. The number of aromatic nitrogens is 4. The van der Waals surface area contributed by atoms with Gasteiger partial charge in [0.25, 0.3) is 10.0 Å². The van der Waals surface area contributed by atoms with E-state index in [0.29, 0.717) is 22.9 Å². The van der Waals surface area contributed by atoms with Crippen LogP contribution in [0.4, 0.5) is 17.2 Å². The van der Waals surface area contributed by atoms with E-state index in [9.17, 15) is 13.2 Å². The van der Waals surface area contributed by atoms with Gasteiger partial charge < -0.3 is 5.73 Å². The van der Waals surface area contributed by atoms with E-state index in [1.807, 2.05) is 0 Å². The van der Waals surface area contributed by atoms with Crippen molar-refractivity contribution in [2.24, 2.45) is 16.0 Å². The maximum absolute atomic E-state index is 12.6. The normalized spacial score (nSPS) is 11.7. The first kappa shape index (κ1) is 20.9. The van der Waals surface area contributed by atoms with Crippen molar-refractivity contribution in [2.45, 2.75) is 25.7 Å². The third kappa shape index (κ3) is 4.41. The van der Waals surface area contributed by atoms with Crippen molar-refractivity contribution >= 4 is 33.2 Å². The lowest BCUT2D eigenvalue weighted by Crippen LogP contribution is -2.30. The molecule has 13 heteroatoms. The SMILES string of the molecule is Cc1cc(NS(=O)(=O)c2ccc(N=Nc3c(C)[nH]n(C(=N)N)c3=O)cc2)nc(C)n1. The van der Waals surface area contributed by atoms with Gasteiger partial charge >= 0.3 is 5.56 Å². The highest BCUT2D eigenvalue weighted by Crippen LogP contribution is 2.21. The first-order chi connectivity index (χ1) is 14.1. The average molecular weight is 429 g/mol. The van der Waals surface area contributed by atoms with Crippen LogP contribution in [-0.2, 0) is 10.0 Å². The number of nitrogens with zero attached hydrogens (tertiary/aromatic N) is 5. The van der Waals surface area contributed by atoms with Gasteiger partial charge in [-0.15, -0.1) is 5.11 Å². The molecule has 1 aromatic carbocycles. The Bertz CT molecular complexity index is 1280. The molecule has 3 rings (SSSR count). The first-order valence-electron chi connectivity index (χ1n) is 8.60. The summed E-state index contributed by atoms with van der Waals surface area (Å²) >= 11 is 0. The molecule has 2 aromatic heterocycles. The molecule has 2 heterocycles. The lowest BCUT2D eigenvalue weighted by atomic mass is 10.3. The first-order valence-corrected chi connectivity index (χ1v) is 10.1. The van der Waals surface area contributed by atoms with Crippen LogP contribution in [-0.4, -0.2) is 34.1 Å². The highest BCUT2D eigenvalue weighted by molar-refractivity contribution is 7.92. The van der Waals surface area contributed by atoms with Gasteiger partial charge in [-0.05, 0) is 45.0 Å². The molecule has 5 N–H and O–H groups in total. The molecular formula is C17H19N9O3S. The number of aryl methyl sites for hydroxylation is 3. The Labute approximate surface area is 171 Å². The van der Waals surface area contributed by atoms with E-state index in [-0.39, 0.29) is 16.4 Å². The lowest BCUT2D eigenvalue weighted by molar-refractivity contribution is 0.601. The van der Waals surface area contributed by atoms with Gasteiger partial charge in [0, 0.05) is 11.8 Å². The Morgan fingerprint density at radius 1 is 1.17 bits per heavy atom. The molecule has 0 bridgehead atoms. The van der Waals surface area contributed by atoms with Crippen molar-refractivity contribution in [3.63, 3.8) is 0 Å². The van der Waals surface area contributed by atoms with Gasteiger partial charge in [0.15, 0.2) is 5.69 Å². The van der Waals surface area contributed by atoms with Crippen molar-refractivity contribution in [1.29, 1.82) is 5.41 Å². The minimum atomic E-state index is -3.86. The maximum Gasteiger partial charge on any atom is 0.301 e. The number of sulfonamides is 1. The second-order valence-corrected chi connectivity index (χ2v) is 8.03. The van der Waals surface area contributed by atoms with E-state index < -0.39 is 21.5 Å². The van der Waals surface area contributed by atoms with E-state index >= 15 is 0 Å². The molecule has 0 unspecified atom stereocenters. The van der Waals surface area contributed by atoms with Crippen LogP contribution in [0.1, 0.15) is 17.2 Å². The molecule has 156 valence electrons. The van der Waals surface area contributed by atoms with Gasteiger partial charge in [-0.2, -0.15) is 9.80 Å². The smallest absolute Gasteiger partial charge is 0.301 e. The molecule has 0 atom stereocenters. The Morgan fingerprint density at radius 2 is 1.83 bits per heavy atom. The van der Waals surface area contributed by atoms with Crippen LogP contribution in [0, 0.1) is 26.2 Å². The number of benzene rings is 1. The summed E-state index contributed by atoms with van der Waals surface area (Å²) in [6.07, 6.45) is 0. The highest BCUT2D eigenvalue weighted by atomic mass is 32.2. The summed E-state index contributed by atoms with van der Waals surface area (Å²) in [4.78, 5) is 20.3. The van der Waals surface area contributed by atoms with E-state index in [4.69, 9.17) is 11.1 Å². The number of aromatic amines is 1. The maximum atomic E-state index is 12.6. The topological polar surface area (TPSA) is 184 Å². The molecule has 0 saturated carbocycles. The summed E-state index contributed by atoms with van der Waals surface area (Å²) in [5, 5.41) is 17.8. The summed E-state index contributed by atoms with van der Waals surface area (Å²) in [7, 11) is -3.86. The van der Waals surface area contributed by atoms with Crippen molar-refractivity contribution in [3.05, 3.63) is 57.9 Å². The average Bonchev–Trinajstić information content (AvgIpc) is 2.93. The molecule has 30 heavy (non-hydrogen) atoms. The molecule has 0 amide bonds. The second kappa shape index (κ2) is 7.87. The van der Waals surface area contributed by atoms with Gasteiger partial charge in [-0.25, -0.2) is 18.4 Å². The number of nitrogens with two attached hydrogens (primary N) is 1. The fourth-order valence-corrected chi connectivity index (χ4v) is 3.58. The Balaban J connectivity index is 1.82. The van der Waals surface area contributed by atoms with Crippen molar-refractivity contribution in [2.75, 3.05) is 4.72 Å². The van der Waals surface area contributed by atoms with Crippen molar-refractivity contribution < 1.29 is 8.42 Å². The van der Waals surface area contributed by atoms with Crippen molar-refractivity contribution in [1.82, 2.24) is 19.7 Å². The summed E-state index contributed by atoms with van der Waals surface area (Å²) in [6.45, 7) is 5.00. The number of nitrogen functional groups attached to an aromatic ring is 1. The van der Waals surface area contributed by atoms with Crippen LogP contribution >= 0.6 is 0 Å². The molecule has 12 nitrogen and oxygen atoms in total. The summed E-state index contributed by atoms with van der Waals surface area (Å²) < 4.78 is 28.4. The van der Waals surface area contributed by atoms with Crippen LogP contribution in [0.25, 0.3) is 0 Å². The van der Waals surface area contributed by atoms with E-state index in [1.54, 1.807) is 20.8 Å². The van der Waals surface area contributed by atoms with Gasteiger partial charge in [0.2, 0.25) is 5.96 Å². The lowest BCUT2D eigenvalue weighted by Gasteiger charge is -2.08. The fourth-order valence-electron chi connectivity index (χ4n) is 2.59. The molecule has 0 aliphatic heterocycles. The predicted molar refractivity (Wildman–Crippen MR) is 110 cm³/mol. The third-order valence-electron chi connectivity index (χ3n) is 3.90. The number of rotatable bonds is 5. The molecular weight excluding hydrogens is 410 g/mol. The standard InChI is InChI=1S/C17H19N9O3S/c1-9-8-14(21-11(3)20-9)25-30(28,29)13-6-4-12(5-7-13)22-23-15-10(2)24-26(16(15)27)17(18)19/h4-8,24H,1-3H3,(H3,18,19)(H,20,21,25). The van der Waals surface area contributed by atoms with Crippen LogP contribution < -0.4 is 16.0 Å². The van der Waals surface area contributed by atoms with Crippen LogP contribution in [0.15, 0.2) is 50.3 Å². The van der Waals surface area contributed by atoms with E-state index in [1.165, 1.54) is 30.3 Å².